The summed E-state index contributed by atoms with van der Waals surface area (Å²) in [5, 5.41) is 0. The van der Waals surface area contributed by atoms with E-state index in [1.54, 1.807) is 11.8 Å². The van der Waals surface area contributed by atoms with Gasteiger partial charge in [-0.05, 0) is 31.9 Å². The van der Waals surface area contributed by atoms with Crippen molar-refractivity contribution in [3.05, 3.63) is 24.3 Å². The molecule has 2 amide bonds. The standard InChI is InChI=1S/C17H22N2O2/c1-12-11-18(17(21)14-7-3-4-8-14)15-9-5-6-10-16(15)19(12)13(2)20/h5-6,9-10,12,14H,3-4,7-8,11H2,1-2H3/t12-/m0/s1. The van der Waals surface area contributed by atoms with Crippen molar-refractivity contribution >= 4 is 23.2 Å². The minimum atomic E-state index is 0.0164. The molecule has 112 valence electrons. The predicted octanol–water partition coefficient (Wildman–Crippen LogP) is 2.96. The molecular weight excluding hydrogens is 264 g/mol. The molecule has 4 heteroatoms. The summed E-state index contributed by atoms with van der Waals surface area (Å²) in [4.78, 5) is 28.4. The number of rotatable bonds is 1. The third-order valence-corrected chi connectivity index (χ3v) is 4.63. The third kappa shape index (κ3) is 2.43. The van der Waals surface area contributed by atoms with Gasteiger partial charge in [0, 0.05) is 19.4 Å². The van der Waals surface area contributed by atoms with Crippen LogP contribution in [-0.2, 0) is 9.59 Å². The Labute approximate surface area is 125 Å². The first-order valence-corrected chi connectivity index (χ1v) is 7.80. The van der Waals surface area contributed by atoms with Crippen LogP contribution in [0.2, 0.25) is 0 Å². The molecule has 0 saturated heterocycles. The van der Waals surface area contributed by atoms with Gasteiger partial charge in [-0.2, -0.15) is 0 Å². The van der Waals surface area contributed by atoms with Crippen LogP contribution < -0.4 is 9.80 Å². The zero-order chi connectivity index (χ0) is 15.0. The van der Waals surface area contributed by atoms with Crippen LogP contribution in [-0.4, -0.2) is 24.4 Å². The molecular formula is C17H22N2O2. The fourth-order valence-electron chi connectivity index (χ4n) is 3.66. The highest BCUT2D eigenvalue weighted by molar-refractivity contribution is 6.04. The summed E-state index contributed by atoms with van der Waals surface area (Å²) >= 11 is 0. The van der Waals surface area contributed by atoms with Crippen LogP contribution in [0.3, 0.4) is 0 Å². The van der Waals surface area contributed by atoms with E-state index in [9.17, 15) is 9.59 Å². The number of carbonyl (C=O) groups is 2. The van der Waals surface area contributed by atoms with Crippen molar-refractivity contribution in [2.75, 3.05) is 16.3 Å². The highest BCUT2D eigenvalue weighted by atomic mass is 16.2. The number of carbonyl (C=O) groups excluding carboxylic acids is 2. The zero-order valence-corrected chi connectivity index (χ0v) is 12.7. The molecule has 1 aliphatic heterocycles. The lowest BCUT2D eigenvalue weighted by atomic mass is 10.0. The largest absolute Gasteiger partial charge is 0.308 e. The lowest BCUT2D eigenvalue weighted by molar-refractivity contribution is -0.122. The number of benzene rings is 1. The van der Waals surface area contributed by atoms with Crippen LogP contribution >= 0.6 is 0 Å². The Balaban J connectivity index is 1.97. The van der Waals surface area contributed by atoms with Gasteiger partial charge in [0.1, 0.15) is 0 Å². The van der Waals surface area contributed by atoms with Crippen LogP contribution in [0.4, 0.5) is 11.4 Å². The number of fused-ring (bicyclic) bond motifs is 1. The van der Waals surface area contributed by atoms with Gasteiger partial charge < -0.3 is 9.80 Å². The maximum absolute atomic E-state index is 12.8. The maximum Gasteiger partial charge on any atom is 0.230 e. The second-order valence-electron chi connectivity index (χ2n) is 6.16. The topological polar surface area (TPSA) is 40.6 Å². The molecule has 3 rings (SSSR count). The van der Waals surface area contributed by atoms with Crippen LogP contribution in [0.15, 0.2) is 24.3 Å². The fourth-order valence-corrected chi connectivity index (χ4v) is 3.66. The molecule has 0 bridgehead atoms. The Morgan fingerprint density at radius 3 is 2.33 bits per heavy atom. The van der Waals surface area contributed by atoms with Crippen molar-refractivity contribution in [1.82, 2.24) is 0 Å². The smallest absolute Gasteiger partial charge is 0.230 e. The van der Waals surface area contributed by atoms with Gasteiger partial charge in [-0.15, -0.1) is 0 Å². The molecule has 1 saturated carbocycles. The van der Waals surface area contributed by atoms with Crippen molar-refractivity contribution in [2.24, 2.45) is 5.92 Å². The molecule has 0 N–H and O–H groups in total. The average molecular weight is 286 g/mol. The first-order chi connectivity index (χ1) is 10.1. The molecule has 1 aromatic rings. The molecule has 4 nitrogen and oxygen atoms in total. The van der Waals surface area contributed by atoms with E-state index >= 15 is 0 Å². The average Bonchev–Trinajstić information content (AvgIpc) is 2.99. The van der Waals surface area contributed by atoms with Crippen LogP contribution in [0.1, 0.15) is 39.5 Å². The van der Waals surface area contributed by atoms with Crippen LogP contribution in [0, 0.1) is 5.92 Å². The number of hydrogen-bond donors (Lipinski definition) is 0. The third-order valence-electron chi connectivity index (χ3n) is 4.63. The number of anilines is 2. The van der Waals surface area contributed by atoms with Gasteiger partial charge in [-0.1, -0.05) is 25.0 Å². The Bertz CT molecular complexity index is 564. The van der Waals surface area contributed by atoms with Crippen molar-refractivity contribution in [2.45, 2.75) is 45.6 Å². The molecule has 1 aromatic carbocycles. The molecule has 0 spiro atoms. The number of nitrogens with zero attached hydrogens (tertiary/aromatic N) is 2. The van der Waals surface area contributed by atoms with E-state index in [1.165, 1.54) is 0 Å². The monoisotopic (exact) mass is 286 g/mol. The van der Waals surface area contributed by atoms with Gasteiger partial charge >= 0.3 is 0 Å². The van der Waals surface area contributed by atoms with Crippen molar-refractivity contribution in [3.63, 3.8) is 0 Å². The van der Waals surface area contributed by atoms with E-state index in [2.05, 4.69) is 0 Å². The Hall–Kier alpha value is -1.84. The quantitative estimate of drug-likeness (QED) is 0.796. The summed E-state index contributed by atoms with van der Waals surface area (Å²) in [6.45, 7) is 4.18. The maximum atomic E-state index is 12.8. The van der Waals surface area contributed by atoms with Gasteiger partial charge in [-0.25, -0.2) is 0 Å². The van der Waals surface area contributed by atoms with Crippen molar-refractivity contribution < 1.29 is 9.59 Å². The van der Waals surface area contributed by atoms with E-state index < -0.39 is 0 Å². The van der Waals surface area contributed by atoms with Gasteiger partial charge in [-0.3, -0.25) is 9.59 Å². The molecule has 2 aliphatic rings. The molecule has 1 atom stereocenters. The number of para-hydroxylation sites is 2. The van der Waals surface area contributed by atoms with E-state index in [1.807, 2.05) is 36.1 Å². The van der Waals surface area contributed by atoms with Gasteiger partial charge in [0.25, 0.3) is 0 Å². The molecule has 0 unspecified atom stereocenters. The Morgan fingerprint density at radius 1 is 1.10 bits per heavy atom. The highest BCUT2D eigenvalue weighted by Crippen LogP contribution is 2.38. The lowest BCUT2D eigenvalue weighted by Gasteiger charge is -2.41. The van der Waals surface area contributed by atoms with Crippen LogP contribution in [0.5, 0.6) is 0 Å². The second-order valence-corrected chi connectivity index (χ2v) is 6.16. The first-order valence-electron chi connectivity index (χ1n) is 7.80. The van der Waals surface area contributed by atoms with E-state index in [0.717, 1.165) is 37.1 Å². The molecule has 0 aromatic heterocycles. The fraction of sp³-hybridized carbons (Fsp3) is 0.529. The predicted molar refractivity (Wildman–Crippen MR) is 83.4 cm³/mol. The minimum absolute atomic E-state index is 0.0164. The zero-order valence-electron chi connectivity index (χ0n) is 12.7. The summed E-state index contributed by atoms with van der Waals surface area (Å²) in [7, 11) is 0. The molecule has 21 heavy (non-hydrogen) atoms. The van der Waals surface area contributed by atoms with Crippen LogP contribution in [0.25, 0.3) is 0 Å². The summed E-state index contributed by atoms with van der Waals surface area (Å²) in [5.41, 5.74) is 1.73. The molecule has 1 aliphatic carbocycles. The Morgan fingerprint density at radius 2 is 1.71 bits per heavy atom. The molecule has 1 heterocycles. The second kappa shape index (κ2) is 5.51. The first kappa shape index (κ1) is 14.1. The van der Waals surface area contributed by atoms with Crippen molar-refractivity contribution in [3.8, 4) is 0 Å². The van der Waals surface area contributed by atoms with E-state index in [-0.39, 0.29) is 23.8 Å². The lowest BCUT2D eigenvalue weighted by Crippen LogP contribution is -2.52. The Kier molecular flexibility index (Phi) is 3.70. The highest BCUT2D eigenvalue weighted by Gasteiger charge is 2.36. The molecule has 1 fully saturated rings. The minimum Gasteiger partial charge on any atom is -0.308 e. The summed E-state index contributed by atoms with van der Waals surface area (Å²) < 4.78 is 0. The van der Waals surface area contributed by atoms with Gasteiger partial charge in [0.2, 0.25) is 11.8 Å². The van der Waals surface area contributed by atoms with Crippen molar-refractivity contribution in [1.29, 1.82) is 0 Å². The number of amides is 2. The molecule has 0 radical (unpaired) electrons. The van der Waals surface area contributed by atoms with E-state index in [0.29, 0.717) is 6.54 Å². The summed E-state index contributed by atoms with van der Waals surface area (Å²) in [6.07, 6.45) is 4.31. The number of hydrogen-bond acceptors (Lipinski definition) is 2. The summed E-state index contributed by atoms with van der Waals surface area (Å²) in [6, 6.07) is 7.75. The van der Waals surface area contributed by atoms with Gasteiger partial charge in [0.15, 0.2) is 0 Å². The van der Waals surface area contributed by atoms with E-state index in [4.69, 9.17) is 0 Å². The normalized spacial score (nSPS) is 22.3. The summed E-state index contributed by atoms with van der Waals surface area (Å²) in [5.74, 6) is 0.423. The SMILES string of the molecule is CC(=O)N1c2ccccc2N(C(=O)C2CCCC2)C[C@@H]1C. The van der Waals surface area contributed by atoms with Gasteiger partial charge in [0.05, 0.1) is 17.4 Å².